The smallest absolute Gasteiger partial charge is 0.338 e. The molecule has 0 saturated heterocycles. The van der Waals surface area contributed by atoms with Gasteiger partial charge in [0.1, 0.15) is 0 Å². The van der Waals surface area contributed by atoms with Crippen LogP contribution in [-0.4, -0.2) is 25.0 Å². The predicted molar refractivity (Wildman–Crippen MR) is 105 cm³/mol. The summed E-state index contributed by atoms with van der Waals surface area (Å²) in [6, 6.07) is 14.9. The molecule has 0 heterocycles. The fourth-order valence-corrected chi connectivity index (χ4v) is 2.43. The number of anilines is 2. The lowest BCUT2D eigenvalue weighted by Crippen LogP contribution is -2.16. The Bertz CT molecular complexity index is 722. The van der Waals surface area contributed by atoms with E-state index in [0.717, 1.165) is 5.69 Å². The van der Waals surface area contributed by atoms with Gasteiger partial charge in [0, 0.05) is 24.3 Å². The van der Waals surface area contributed by atoms with Crippen LogP contribution in [0.5, 0.6) is 0 Å². The van der Waals surface area contributed by atoms with E-state index in [2.05, 4.69) is 36.6 Å². The molecular weight excluding hydrogens is 328 g/mol. The van der Waals surface area contributed by atoms with Gasteiger partial charge >= 0.3 is 5.97 Å². The van der Waals surface area contributed by atoms with E-state index in [1.165, 1.54) is 5.56 Å². The molecule has 26 heavy (non-hydrogen) atoms. The molecule has 2 aromatic carbocycles. The Morgan fingerprint density at radius 1 is 0.962 bits per heavy atom. The van der Waals surface area contributed by atoms with E-state index in [-0.39, 0.29) is 11.9 Å². The Kier molecular flexibility index (Phi) is 7.21. The van der Waals surface area contributed by atoms with Crippen LogP contribution in [-0.2, 0) is 9.53 Å². The second-order valence-electron chi connectivity index (χ2n) is 6.30. The van der Waals surface area contributed by atoms with Crippen LogP contribution in [0.1, 0.15) is 49.0 Å². The van der Waals surface area contributed by atoms with Crippen molar-refractivity contribution in [2.24, 2.45) is 0 Å². The third kappa shape index (κ3) is 5.92. The molecule has 0 bridgehead atoms. The minimum absolute atomic E-state index is 0.0832. The van der Waals surface area contributed by atoms with Gasteiger partial charge in [-0.05, 0) is 54.8 Å². The van der Waals surface area contributed by atoms with E-state index in [0.29, 0.717) is 36.7 Å². The van der Waals surface area contributed by atoms with Crippen LogP contribution in [0.15, 0.2) is 48.5 Å². The number of rotatable bonds is 8. The average Bonchev–Trinajstić information content (AvgIpc) is 2.63. The van der Waals surface area contributed by atoms with Crippen molar-refractivity contribution in [3.63, 3.8) is 0 Å². The maximum Gasteiger partial charge on any atom is 0.338 e. The van der Waals surface area contributed by atoms with Crippen molar-refractivity contribution in [3.05, 3.63) is 59.7 Å². The second kappa shape index (κ2) is 9.61. The van der Waals surface area contributed by atoms with E-state index in [1.54, 1.807) is 31.2 Å². The molecule has 0 spiro atoms. The molecule has 2 rings (SSSR count). The fourth-order valence-electron chi connectivity index (χ4n) is 2.43. The SMILES string of the molecule is CCOC(=O)c1ccc(NC(=O)CCNc2ccc(C(C)C)cc2)cc1. The lowest BCUT2D eigenvalue weighted by Gasteiger charge is -2.10. The Morgan fingerprint density at radius 2 is 1.58 bits per heavy atom. The molecule has 0 aromatic heterocycles. The molecule has 0 saturated carbocycles. The first-order valence-electron chi connectivity index (χ1n) is 8.90. The predicted octanol–water partition coefficient (Wildman–Crippen LogP) is 4.43. The molecule has 138 valence electrons. The van der Waals surface area contributed by atoms with Crippen molar-refractivity contribution in [2.75, 3.05) is 23.8 Å². The molecule has 0 unspecified atom stereocenters. The van der Waals surface area contributed by atoms with Gasteiger partial charge in [-0.2, -0.15) is 0 Å². The van der Waals surface area contributed by atoms with Crippen LogP contribution < -0.4 is 10.6 Å². The Balaban J connectivity index is 1.77. The van der Waals surface area contributed by atoms with E-state index >= 15 is 0 Å². The van der Waals surface area contributed by atoms with Crippen LogP contribution >= 0.6 is 0 Å². The van der Waals surface area contributed by atoms with Gasteiger partial charge in [-0.25, -0.2) is 4.79 Å². The minimum Gasteiger partial charge on any atom is -0.462 e. The van der Waals surface area contributed by atoms with Gasteiger partial charge in [-0.3, -0.25) is 4.79 Å². The number of hydrogen-bond donors (Lipinski definition) is 2. The van der Waals surface area contributed by atoms with Crippen molar-refractivity contribution in [1.29, 1.82) is 0 Å². The number of amides is 1. The summed E-state index contributed by atoms with van der Waals surface area (Å²) in [7, 11) is 0. The zero-order valence-corrected chi connectivity index (χ0v) is 15.5. The van der Waals surface area contributed by atoms with Gasteiger partial charge in [0.25, 0.3) is 0 Å². The highest BCUT2D eigenvalue weighted by atomic mass is 16.5. The summed E-state index contributed by atoms with van der Waals surface area (Å²) in [6.45, 7) is 6.97. The maximum atomic E-state index is 12.0. The number of carbonyl (C=O) groups is 2. The number of esters is 1. The fraction of sp³-hybridized carbons (Fsp3) is 0.333. The van der Waals surface area contributed by atoms with Crippen LogP contribution in [0.4, 0.5) is 11.4 Å². The molecule has 0 aliphatic carbocycles. The minimum atomic E-state index is -0.363. The third-order valence-electron chi connectivity index (χ3n) is 3.94. The second-order valence-corrected chi connectivity index (χ2v) is 6.30. The number of benzene rings is 2. The van der Waals surface area contributed by atoms with Gasteiger partial charge in [-0.1, -0.05) is 26.0 Å². The molecule has 5 nitrogen and oxygen atoms in total. The summed E-state index contributed by atoms with van der Waals surface area (Å²) in [5.74, 6) is 0.0586. The Hall–Kier alpha value is -2.82. The Morgan fingerprint density at radius 3 is 2.15 bits per heavy atom. The van der Waals surface area contributed by atoms with Crippen molar-refractivity contribution in [2.45, 2.75) is 33.1 Å². The van der Waals surface area contributed by atoms with Crippen LogP contribution in [0.25, 0.3) is 0 Å². The van der Waals surface area contributed by atoms with Gasteiger partial charge in [0.05, 0.1) is 12.2 Å². The van der Waals surface area contributed by atoms with Crippen LogP contribution in [0.2, 0.25) is 0 Å². The van der Waals surface area contributed by atoms with Crippen molar-refractivity contribution in [1.82, 2.24) is 0 Å². The molecule has 2 N–H and O–H groups in total. The molecule has 1 amide bonds. The summed E-state index contributed by atoms with van der Waals surface area (Å²) in [6.07, 6.45) is 0.353. The van der Waals surface area contributed by atoms with Gasteiger partial charge < -0.3 is 15.4 Å². The standard InChI is InChI=1S/C21H26N2O3/c1-4-26-21(25)17-7-11-19(12-8-17)23-20(24)13-14-22-18-9-5-16(6-10-18)15(2)3/h5-12,15,22H,4,13-14H2,1-3H3,(H,23,24). The summed E-state index contributed by atoms with van der Waals surface area (Å²) in [5.41, 5.74) is 3.42. The van der Waals surface area contributed by atoms with Gasteiger partial charge in [0.15, 0.2) is 0 Å². The number of carbonyl (C=O) groups excluding carboxylic acids is 2. The lowest BCUT2D eigenvalue weighted by atomic mass is 10.0. The molecular formula is C21H26N2O3. The molecule has 5 heteroatoms. The van der Waals surface area contributed by atoms with E-state index in [9.17, 15) is 9.59 Å². The van der Waals surface area contributed by atoms with Crippen LogP contribution in [0.3, 0.4) is 0 Å². The van der Waals surface area contributed by atoms with E-state index in [1.807, 2.05) is 12.1 Å². The maximum absolute atomic E-state index is 12.0. The molecule has 0 atom stereocenters. The van der Waals surface area contributed by atoms with Crippen molar-refractivity contribution in [3.8, 4) is 0 Å². The zero-order chi connectivity index (χ0) is 18.9. The average molecular weight is 354 g/mol. The highest BCUT2D eigenvalue weighted by Crippen LogP contribution is 2.17. The molecule has 0 radical (unpaired) electrons. The molecule has 0 aliphatic heterocycles. The van der Waals surface area contributed by atoms with E-state index in [4.69, 9.17) is 4.74 Å². The molecule has 2 aromatic rings. The highest BCUT2D eigenvalue weighted by molar-refractivity contribution is 5.93. The first-order valence-corrected chi connectivity index (χ1v) is 8.90. The number of hydrogen-bond acceptors (Lipinski definition) is 4. The topological polar surface area (TPSA) is 67.4 Å². The van der Waals surface area contributed by atoms with Crippen molar-refractivity contribution < 1.29 is 14.3 Å². The van der Waals surface area contributed by atoms with Gasteiger partial charge in [-0.15, -0.1) is 0 Å². The lowest BCUT2D eigenvalue weighted by molar-refractivity contribution is -0.115. The van der Waals surface area contributed by atoms with Crippen molar-refractivity contribution >= 4 is 23.3 Å². The monoisotopic (exact) mass is 354 g/mol. The zero-order valence-electron chi connectivity index (χ0n) is 15.5. The van der Waals surface area contributed by atoms with Crippen LogP contribution in [0, 0.1) is 0 Å². The van der Waals surface area contributed by atoms with Gasteiger partial charge in [0.2, 0.25) is 5.91 Å². The summed E-state index contributed by atoms with van der Waals surface area (Å²) < 4.78 is 4.93. The first kappa shape index (κ1) is 19.5. The molecule has 0 fully saturated rings. The largest absolute Gasteiger partial charge is 0.462 e. The highest BCUT2D eigenvalue weighted by Gasteiger charge is 2.07. The summed E-state index contributed by atoms with van der Waals surface area (Å²) in [5, 5.41) is 6.06. The number of ether oxygens (including phenoxy) is 1. The molecule has 0 aliphatic rings. The quantitative estimate of drug-likeness (QED) is 0.688. The first-order chi connectivity index (χ1) is 12.5. The normalized spacial score (nSPS) is 10.5. The number of nitrogens with one attached hydrogen (secondary N) is 2. The summed E-state index contributed by atoms with van der Waals surface area (Å²) in [4.78, 5) is 23.6. The Labute approximate surface area is 154 Å². The van der Waals surface area contributed by atoms with E-state index < -0.39 is 0 Å². The summed E-state index contributed by atoms with van der Waals surface area (Å²) >= 11 is 0. The third-order valence-corrected chi connectivity index (χ3v) is 3.94.